The summed E-state index contributed by atoms with van der Waals surface area (Å²) in [5.74, 6) is -0.909. The Bertz CT molecular complexity index is 1530. The minimum Gasteiger partial charge on any atom is -0.383 e. The van der Waals surface area contributed by atoms with Crippen LogP contribution in [-0.2, 0) is 22.7 Å². The number of rotatable bonds is 6. The largest absolute Gasteiger partial charge is 0.383 e. The number of carbonyl (C=O) groups excluding carboxylic acids is 2. The summed E-state index contributed by atoms with van der Waals surface area (Å²) in [6.45, 7) is 1.15. The third-order valence-electron chi connectivity index (χ3n) is 6.44. The van der Waals surface area contributed by atoms with Gasteiger partial charge in [-0.2, -0.15) is 0 Å². The molecule has 4 heterocycles. The van der Waals surface area contributed by atoms with E-state index in [1.807, 2.05) is 0 Å². The van der Waals surface area contributed by atoms with Crippen molar-refractivity contribution >= 4 is 40.3 Å². The highest BCUT2D eigenvalue weighted by Crippen LogP contribution is 2.32. The Labute approximate surface area is 220 Å². The lowest BCUT2D eigenvalue weighted by atomic mass is 10.1. The summed E-state index contributed by atoms with van der Waals surface area (Å²) >= 11 is 5.80. The fraction of sp³-hybridized carbons (Fsp3) is 0.280. The number of nitrogens with one attached hydrogen (secondary N) is 1. The molecule has 0 unspecified atom stereocenters. The summed E-state index contributed by atoms with van der Waals surface area (Å²) in [7, 11) is 0. The Hall–Kier alpha value is -4.19. The molecule has 3 N–H and O–H groups in total. The lowest BCUT2D eigenvalue weighted by Gasteiger charge is -2.24. The zero-order valence-corrected chi connectivity index (χ0v) is 21.0. The van der Waals surface area contributed by atoms with Gasteiger partial charge in [0.05, 0.1) is 17.0 Å². The minimum atomic E-state index is -1.38. The molecule has 2 amide bonds. The second-order valence-corrected chi connectivity index (χ2v) is 9.38. The molecule has 38 heavy (non-hydrogen) atoms. The van der Waals surface area contributed by atoms with Crippen LogP contribution >= 0.6 is 11.6 Å². The summed E-state index contributed by atoms with van der Waals surface area (Å²) in [6, 6.07) is 3.39. The van der Waals surface area contributed by atoms with E-state index in [2.05, 4.69) is 25.3 Å². The highest BCUT2D eigenvalue weighted by atomic mass is 35.5. The summed E-state index contributed by atoms with van der Waals surface area (Å²) in [5.41, 5.74) is 8.00. The number of carbonyl (C=O) groups is 2. The third kappa shape index (κ3) is 4.86. The van der Waals surface area contributed by atoms with E-state index in [1.54, 1.807) is 36.1 Å². The van der Waals surface area contributed by atoms with E-state index in [-0.39, 0.29) is 42.5 Å². The minimum absolute atomic E-state index is 0.0711. The summed E-state index contributed by atoms with van der Waals surface area (Å²) in [5, 5.41) is 3.04. The van der Waals surface area contributed by atoms with Gasteiger partial charge < -0.3 is 20.5 Å². The Kier molecular flexibility index (Phi) is 6.89. The number of nitrogen functional groups attached to an aromatic ring is 1. The molecule has 5 rings (SSSR count). The molecule has 10 nitrogen and oxygen atoms in total. The highest BCUT2D eigenvalue weighted by molar-refractivity contribution is 6.30. The van der Waals surface area contributed by atoms with E-state index < -0.39 is 29.8 Å². The van der Waals surface area contributed by atoms with Gasteiger partial charge in [-0.05, 0) is 13.0 Å². The number of anilines is 1. The van der Waals surface area contributed by atoms with Crippen molar-refractivity contribution < 1.29 is 18.4 Å². The number of likely N-dealkylation sites (tertiary alicyclic amines) is 1. The van der Waals surface area contributed by atoms with E-state index in [4.69, 9.17) is 17.3 Å². The number of amides is 2. The zero-order valence-electron chi connectivity index (χ0n) is 20.2. The van der Waals surface area contributed by atoms with Crippen molar-refractivity contribution in [3.8, 4) is 11.1 Å². The van der Waals surface area contributed by atoms with Crippen LogP contribution in [0.15, 0.2) is 43.1 Å². The number of aromatic nitrogens is 5. The van der Waals surface area contributed by atoms with Gasteiger partial charge in [0.1, 0.15) is 48.2 Å². The first-order chi connectivity index (χ1) is 18.2. The van der Waals surface area contributed by atoms with E-state index in [0.29, 0.717) is 28.0 Å². The Morgan fingerprint density at radius 2 is 1.97 bits per heavy atom. The Morgan fingerprint density at radius 3 is 2.74 bits per heavy atom. The van der Waals surface area contributed by atoms with Gasteiger partial charge in [0.15, 0.2) is 0 Å². The molecule has 4 aromatic rings. The first-order valence-electron chi connectivity index (χ1n) is 11.8. The molecule has 0 aliphatic carbocycles. The van der Waals surface area contributed by atoms with Crippen LogP contribution in [-0.4, -0.2) is 60.0 Å². The van der Waals surface area contributed by atoms with Crippen LogP contribution in [0.1, 0.15) is 17.8 Å². The van der Waals surface area contributed by atoms with E-state index in [0.717, 1.165) is 0 Å². The van der Waals surface area contributed by atoms with Gasteiger partial charge in [0.2, 0.25) is 11.8 Å². The highest BCUT2D eigenvalue weighted by Gasteiger charge is 2.40. The number of aryl methyl sites for hydroxylation is 1. The van der Waals surface area contributed by atoms with Crippen LogP contribution in [0.25, 0.3) is 22.2 Å². The molecule has 13 heteroatoms. The number of hydrogen-bond donors (Lipinski definition) is 2. The van der Waals surface area contributed by atoms with Crippen LogP contribution in [0.4, 0.5) is 14.6 Å². The molecular weight excluding hydrogens is 518 g/mol. The SMILES string of the molecule is Cc1ncc(-c2cn(CC(=O)N3C[C@H](F)C[C@@H]3C(=O)NCc3cccc(Cl)c3F)c3ncnc(N)c23)cn1. The van der Waals surface area contributed by atoms with E-state index >= 15 is 0 Å². The van der Waals surface area contributed by atoms with E-state index in [9.17, 15) is 18.4 Å². The molecule has 1 saturated heterocycles. The molecule has 0 saturated carbocycles. The molecule has 1 aromatic carbocycles. The van der Waals surface area contributed by atoms with Gasteiger partial charge in [-0.1, -0.05) is 23.7 Å². The summed E-state index contributed by atoms with van der Waals surface area (Å²) in [4.78, 5) is 44.3. The van der Waals surface area contributed by atoms with Crippen molar-refractivity contribution in [3.63, 3.8) is 0 Å². The predicted molar refractivity (Wildman–Crippen MR) is 136 cm³/mol. The molecule has 1 fully saturated rings. The summed E-state index contributed by atoms with van der Waals surface area (Å²) in [6.07, 6.45) is 4.69. The van der Waals surface area contributed by atoms with Gasteiger partial charge in [0, 0.05) is 48.2 Å². The van der Waals surface area contributed by atoms with Gasteiger partial charge >= 0.3 is 0 Å². The molecule has 0 spiro atoms. The monoisotopic (exact) mass is 540 g/mol. The maximum absolute atomic E-state index is 14.4. The second-order valence-electron chi connectivity index (χ2n) is 8.97. The van der Waals surface area contributed by atoms with Crippen LogP contribution in [0.3, 0.4) is 0 Å². The number of benzene rings is 1. The number of hydrogen-bond acceptors (Lipinski definition) is 7. The zero-order chi connectivity index (χ0) is 27.0. The smallest absolute Gasteiger partial charge is 0.243 e. The number of halogens is 3. The molecule has 1 aliphatic rings. The van der Waals surface area contributed by atoms with Crippen LogP contribution in [0.2, 0.25) is 5.02 Å². The van der Waals surface area contributed by atoms with Crippen molar-refractivity contribution in [2.24, 2.45) is 0 Å². The van der Waals surface area contributed by atoms with Crippen molar-refractivity contribution in [3.05, 3.63) is 65.3 Å². The van der Waals surface area contributed by atoms with Crippen LogP contribution in [0.5, 0.6) is 0 Å². The normalized spacial score (nSPS) is 17.2. The lowest BCUT2D eigenvalue weighted by molar-refractivity contribution is -0.139. The van der Waals surface area contributed by atoms with Crippen molar-refractivity contribution in [2.75, 3.05) is 12.3 Å². The average Bonchev–Trinajstić information content (AvgIpc) is 3.47. The standard InChI is InChI=1S/C25H23ClF2N8O2/c1-13-30-7-15(8-31-13)17-10-35(24-21(17)23(29)33-12-34-24)11-20(37)36-9-16(27)5-19(36)25(38)32-6-14-3-2-4-18(26)22(14)28/h2-4,7-8,10,12,16,19H,5-6,9,11H2,1H3,(H,32,38)(H2,29,33,34)/t16-,19-/m1/s1. The van der Waals surface area contributed by atoms with Crippen LogP contribution in [0, 0.1) is 12.7 Å². The number of alkyl halides is 1. The maximum Gasteiger partial charge on any atom is 0.243 e. The molecular formula is C25H23ClF2N8O2. The topological polar surface area (TPSA) is 132 Å². The van der Waals surface area contributed by atoms with Crippen molar-refractivity contribution in [2.45, 2.75) is 38.6 Å². The molecule has 3 aromatic heterocycles. The number of nitrogens with zero attached hydrogens (tertiary/aromatic N) is 6. The number of fused-ring (bicyclic) bond motifs is 1. The first kappa shape index (κ1) is 25.5. The Balaban J connectivity index is 1.38. The second kappa shape index (κ2) is 10.3. The fourth-order valence-electron chi connectivity index (χ4n) is 4.55. The molecule has 1 aliphatic heterocycles. The molecule has 196 valence electrons. The molecule has 0 bridgehead atoms. The van der Waals surface area contributed by atoms with Gasteiger partial charge in [0.25, 0.3) is 0 Å². The van der Waals surface area contributed by atoms with E-state index in [1.165, 1.54) is 23.4 Å². The first-order valence-corrected chi connectivity index (χ1v) is 12.1. The maximum atomic E-state index is 14.4. The fourth-order valence-corrected chi connectivity index (χ4v) is 4.74. The van der Waals surface area contributed by atoms with Crippen LogP contribution < -0.4 is 11.1 Å². The van der Waals surface area contributed by atoms with Gasteiger partial charge in [-0.15, -0.1) is 0 Å². The van der Waals surface area contributed by atoms with Crippen molar-refractivity contribution in [1.29, 1.82) is 0 Å². The number of nitrogens with two attached hydrogens (primary N) is 1. The average molecular weight is 541 g/mol. The quantitative estimate of drug-likeness (QED) is 0.384. The van der Waals surface area contributed by atoms with Gasteiger partial charge in [-0.25, -0.2) is 28.7 Å². The predicted octanol–water partition coefficient (Wildman–Crippen LogP) is 2.83. The third-order valence-corrected chi connectivity index (χ3v) is 6.73. The molecule has 0 radical (unpaired) electrons. The summed E-state index contributed by atoms with van der Waals surface area (Å²) < 4.78 is 30.2. The van der Waals surface area contributed by atoms with Crippen molar-refractivity contribution in [1.82, 2.24) is 34.7 Å². The Morgan fingerprint density at radius 1 is 1.21 bits per heavy atom. The van der Waals surface area contributed by atoms with Gasteiger partial charge in [-0.3, -0.25) is 9.59 Å². The molecule has 2 atom stereocenters. The lowest BCUT2D eigenvalue weighted by Crippen LogP contribution is -2.46.